The van der Waals surface area contributed by atoms with Crippen LogP contribution < -0.4 is 5.69 Å². The van der Waals surface area contributed by atoms with Crippen LogP contribution in [0.1, 0.15) is 37.9 Å². The van der Waals surface area contributed by atoms with Gasteiger partial charge in [0.05, 0.1) is 11.6 Å². The van der Waals surface area contributed by atoms with Gasteiger partial charge in [-0.05, 0) is 38.0 Å². The zero-order valence-electron chi connectivity index (χ0n) is 13.7. The minimum absolute atomic E-state index is 0.0597. The summed E-state index contributed by atoms with van der Waals surface area (Å²) in [5.74, 6) is -0.00561. The monoisotopic (exact) mass is 346 g/mol. The molecule has 0 aliphatic rings. The predicted octanol–water partition coefficient (Wildman–Crippen LogP) is 4.74. The molecule has 0 N–H and O–H groups in total. The summed E-state index contributed by atoms with van der Waals surface area (Å²) in [6, 6.07) is 14.1. The van der Waals surface area contributed by atoms with Crippen molar-refractivity contribution in [2.24, 2.45) is 0 Å². The fourth-order valence-electron chi connectivity index (χ4n) is 3.26. The predicted molar refractivity (Wildman–Crippen MR) is 96.5 cm³/mol. The first-order valence-corrected chi connectivity index (χ1v) is 8.61. The van der Waals surface area contributed by atoms with Crippen molar-refractivity contribution in [1.29, 1.82) is 0 Å². The molecule has 0 saturated carbocycles. The minimum atomic E-state index is -0.389. The molecule has 2 aromatic carbocycles. The fourth-order valence-corrected chi connectivity index (χ4v) is 3.47. The first kappa shape index (κ1) is 16.8. The summed E-state index contributed by atoms with van der Waals surface area (Å²) in [6.07, 6.45) is 0.553. The Morgan fingerprint density at radius 3 is 2.38 bits per heavy atom. The van der Waals surface area contributed by atoms with Gasteiger partial charge in [0.15, 0.2) is 0 Å². The van der Waals surface area contributed by atoms with Crippen LogP contribution in [-0.4, -0.2) is 15.0 Å². The van der Waals surface area contributed by atoms with Crippen LogP contribution in [0.15, 0.2) is 53.3 Å². The Labute approximate surface area is 145 Å². The summed E-state index contributed by atoms with van der Waals surface area (Å²) < 4.78 is 17.8. The van der Waals surface area contributed by atoms with E-state index in [4.69, 9.17) is 11.6 Å². The van der Waals surface area contributed by atoms with E-state index in [1.807, 2.05) is 44.2 Å². The summed E-state index contributed by atoms with van der Waals surface area (Å²) in [4.78, 5) is 13.1. The average Bonchev–Trinajstić information content (AvgIpc) is 2.87. The number of alkyl halides is 1. The normalized spacial score (nSPS) is 12.9. The van der Waals surface area contributed by atoms with Gasteiger partial charge in [0.2, 0.25) is 0 Å². The van der Waals surface area contributed by atoms with E-state index in [0.29, 0.717) is 23.3 Å². The first-order valence-electron chi connectivity index (χ1n) is 8.08. The number of rotatable bonds is 5. The van der Waals surface area contributed by atoms with Gasteiger partial charge in [0, 0.05) is 11.9 Å². The maximum absolute atomic E-state index is 14.6. The largest absolute Gasteiger partial charge is 0.330 e. The second-order valence-electron chi connectivity index (χ2n) is 6.13. The third kappa shape index (κ3) is 2.75. The molecule has 3 rings (SSSR count). The van der Waals surface area contributed by atoms with Crippen LogP contribution in [0.25, 0.3) is 11.0 Å². The summed E-state index contributed by atoms with van der Waals surface area (Å²) in [5, 5.41) is 0. The van der Waals surface area contributed by atoms with Crippen LogP contribution in [0.5, 0.6) is 0 Å². The zero-order chi connectivity index (χ0) is 17.3. The lowest BCUT2D eigenvalue weighted by molar-refractivity contribution is 0.515. The quantitative estimate of drug-likeness (QED) is 0.613. The highest BCUT2D eigenvalue weighted by Gasteiger charge is 2.24. The molecule has 24 heavy (non-hydrogen) atoms. The SMILES string of the molecule is CC(C)n1c(=O)n([C@H](CCCl)c2ccccc2)c2c(F)cccc21. The minimum Gasteiger partial charge on any atom is -0.289 e. The third-order valence-corrected chi connectivity index (χ3v) is 4.49. The van der Waals surface area contributed by atoms with Gasteiger partial charge in [-0.1, -0.05) is 36.4 Å². The highest BCUT2D eigenvalue weighted by molar-refractivity contribution is 6.17. The van der Waals surface area contributed by atoms with Crippen molar-refractivity contribution in [1.82, 2.24) is 9.13 Å². The van der Waals surface area contributed by atoms with E-state index in [-0.39, 0.29) is 23.6 Å². The van der Waals surface area contributed by atoms with Crippen molar-refractivity contribution in [2.45, 2.75) is 32.4 Å². The molecule has 1 heterocycles. The molecule has 0 radical (unpaired) electrons. The van der Waals surface area contributed by atoms with E-state index in [0.717, 1.165) is 5.56 Å². The number of hydrogen-bond donors (Lipinski definition) is 0. The lowest BCUT2D eigenvalue weighted by Gasteiger charge is -2.18. The summed E-state index contributed by atoms with van der Waals surface area (Å²) in [7, 11) is 0. The molecule has 0 unspecified atom stereocenters. The van der Waals surface area contributed by atoms with Crippen LogP contribution in [-0.2, 0) is 0 Å². The Kier molecular flexibility index (Phi) is 4.76. The van der Waals surface area contributed by atoms with Gasteiger partial charge in [-0.15, -0.1) is 11.6 Å². The van der Waals surface area contributed by atoms with Gasteiger partial charge in [-0.2, -0.15) is 0 Å². The van der Waals surface area contributed by atoms with E-state index >= 15 is 0 Å². The standard InChI is InChI=1S/C19H20ClFN2O/c1-13(2)22-17-10-6-9-15(21)18(17)23(19(22)24)16(11-12-20)14-7-4-3-5-8-14/h3-10,13,16H,11-12H2,1-2H3/t16-/m1/s1. The van der Waals surface area contributed by atoms with Crippen molar-refractivity contribution >= 4 is 22.6 Å². The van der Waals surface area contributed by atoms with E-state index < -0.39 is 0 Å². The highest BCUT2D eigenvalue weighted by Crippen LogP contribution is 2.28. The number of benzene rings is 2. The summed E-state index contributed by atoms with van der Waals surface area (Å²) in [6.45, 7) is 3.85. The highest BCUT2D eigenvalue weighted by atomic mass is 35.5. The van der Waals surface area contributed by atoms with E-state index in [1.165, 1.54) is 6.07 Å². The number of halogens is 2. The Hall–Kier alpha value is -2.07. The molecular weight excluding hydrogens is 327 g/mol. The average molecular weight is 347 g/mol. The lowest BCUT2D eigenvalue weighted by atomic mass is 10.0. The Balaban J connectivity index is 2.35. The van der Waals surface area contributed by atoms with Crippen molar-refractivity contribution in [3.63, 3.8) is 0 Å². The first-order chi connectivity index (χ1) is 11.6. The van der Waals surface area contributed by atoms with Crippen molar-refractivity contribution in [3.05, 3.63) is 70.4 Å². The molecule has 5 heteroatoms. The van der Waals surface area contributed by atoms with Gasteiger partial charge in [-0.3, -0.25) is 9.13 Å². The second-order valence-corrected chi connectivity index (χ2v) is 6.51. The van der Waals surface area contributed by atoms with E-state index in [2.05, 4.69) is 0 Å². The number of nitrogens with zero attached hydrogens (tertiary/aromatic N) is 2. The van der Waals surface area contributed by atoms with Gasteiger partial charge in [-0.25, -0.2) is 9.18 Å². The zero-order valence-corrected chi connectivity index (χ0v) is 14.5. The van der Waals surface area contributed by atoms with Gasteiger partial charge >= 0.3 is 5.69 Å². The molecule has 0 aliphatic heterocycles. The molecule has 0 fully saturated rings. The van der Waals surface area contributed by atoms with Crippen LogP contribution in [0.2, 0.25) is 0 Å². The molecule has 0 saturated heterocycles. The van der Waals surface area contributed by atoms with Gasteiger partial charge in [0.1, 0.15) is 11.3 Å². The van der Waals surface area contributed by atoms with Gasteiger partial charge < -0.3 is 0 Å². The number of imidazole rings is 1. The molecule has 0 amide bonds. The Morgan fingerprint density at radius 2 is 1.75 bits per heavy atom. The lowest BCUT2D eigenvalue weighted by Crippen LogP contribution is -2.29. The number of para-hydroxylation sites is 1. The van der Waals surface area contributed by atoms with Crippen LogP contribution in [0, 0.1) is 5.82 Å². The molecular formula is C19H20ClFN2O. The molecule has 126 valence electrons. The molecule has 1 aromatic heterocycles. The summed E-state index contributed by atoms with van der Waals surface area (Å²) in [5.41, 5.74) is 1.70. The van der Waals surface area contributed by atoms with Crippen LogP contribution in [0.4, 0.5) is 4.39 Å². The molecule has 3 aromatic rings. The molecule has 1 atom stereocenters. The fraction of sp³-hybridized carbons (Fsp3) is 0.316. The summed E-state index contributed by atoms with van der Waals surface area (Å²) >= 11 is 5.99. The number of hydrogen-bond acceptors (Lipinski definition) is 1. The second kappa shape index (κ2) is 6.81. The third-order valence-electron chi connectivity index (χ3n) is 4.27. The number of aromatic nitrogens is 2. The van der Waals surface area contributed by atoms with Crippen molar-refractivity contribution in [3.8, 4) is 0 Å². The molecule has 3 nitrogen and oxygen atoms in total. The van der Waals surface area contributed by atoms with Crippen molar-refractivity contribution in [2.75, 3.05) is 5.88 Å². The van der Waals surface area contributed by atoms with Gasteiger partial charge in [0.25, 0.3) is 0 Å². The topological polar surface area (TPSA) is 26.9 Å². The van der Waals surface area contributed by atoms with Crippen LogP contribution in [0.3, 0.4) is 0 Å². The Bertz CT molecular complexity index is 899. The smallest absolute Gasteiger partial charge is 0.289 e. The van der Waals surface area contributed by atoms with Crippen molar-refractivity contribution < 1.29 is 4.39 Å². The van der Waals surface area contributed by atoms with E-state index in [9.17, 15) is 9.18 Å². The molecule has 0 bridgehead atoms. The van der Waals surface area contributed by atoms with E-state index in [1.54, 1.807) is 21.3 Å². The van der Waals surface area contributed by atoms with Crippen LogP contribution >= 0.6 is 11.6 Å². The molecule has 0 spiro atoms. The number of fused-ring (bicyclic) bond motifs is 1. The Morgan fingerprint density at radius 1 is 1.04 bits per heavy atom. The maximum atomic E-state index is 14.6. The maximum Gasteiger partial charge on any atom is 0.330 e. The molecule has 0 aliphatic carbocycles.